The Morgan fingerprint density at radius 1 is 1.15 bits per heavy atom. The van der Waals surface area contributed by atoms with Crippen LogP contribution in [-0.4, -0.2) is 20.4 Å². The summed E-state index contributed by atoms with van der Waals surface area (Å²) in [5, 5.41) is 0. The summed E-state index contributed by atoms with van der Waals surface area (Å²) in [5.74, 6) is -2.39. The van der Waals surface area contributed by atoms with Gasteiger partial charge in [-0.1, -0.05) is 12.1 Å². The minimum Gasteiger partial charge on any atom is -0.481 e. The molecule has 1 amide bonds. The van der Waals surface area contributed by atoms with E-state index in [4.69, 9.17) is 4.74 Å². The van der Waals surface area contributed by atoms with Gasteiger partial charge in [0.05, 0.1) is 0 Å². The van der Waals surface area contributed by atoms with Gasteiger partial charge in [0.2, 0.25) is 0 Å². The molecule has 0 unspecified atom stereocenters. The van der Waals surface area contributed by atoms with Crippen molar-refractivity contribution in [3.63, 3.8) is 0 Å². The number of sulfonamides is 1. The van der Waals surface area contributed by atoms with Crippen molar-refractivity contribution in [1.29, 1.82) is 0 Å². The van der Waals surface area contributed by atoms with Crippen molar-refractivity contribution in [1.82, 2.24) is 10.3 Å². The van der Waals surface area contributed by atoms with E-state index in [0.717, 1.165) is 17.2 Å². The predicted molar refractivity (Wildman–Crippen MR) is 90.8 cm³/mol. The maximum atomic E-state index is 13.6. The molecule has 6 nitrogen and oxygen atoms in total. The van der Waals surface area contributed by atoms with E-state index in [-0.39, 0.29) is 0 Å². The number of aryl methyl sites for hydroxylation is 1. The molecule has 0 saturated heterocycles. The summed E-state index contributed by atoms with van der Waals surface area (Å²) >= 11 is 0. The summed E-state index contributed by atoms with van der Waals surface area (Å²) < 4.78 is 56.3. The number of amides is 1. The minimum absolute atomic E-state index is 0.478. The fourth-order valence-electron chi connectivity index (χ4n) is 2.05. The molecule has 0 saturated carbocycles. The van der Waals surface area contributed by atoms with Crippen molar-refractivity contribution in [2.75, 3.05) is 0 Å². The SMILES string of the molecule is Cc1cccc(O[C@@H](C)C(=O)NNS(=O)(=O)c2cc(F)ccc2F)c1C. The third-order valence-corrected chi connectivity index (χ3v) is 4.98. The third-order valence-electron chi connectivity index (χ3n) is 3.72. The number of carbonyl (C=O) groups is 1. The normalized spacial score (nSPS) is 12.5. The number of ether oxygens (including phenoxy) is 1. The third kappa shape index (κ3) is 4.55. The maximum absolute atomic E-state index is 13.6. The molecule has 0 spiro atoms. The van der Waals surface area contributed by atoms with Crippen LogP contribution >= 0.6 is 0 Å². The van der Waals surface area contributed by atoms with Crippen LogP contribution in [0.15, 0.2) is 41.3 Å². The molecule has 0 radical (unpaired) electrons. The average molecular weight is 384 g/mol. The molecule has 1 atom stereocenters. The van der Waals surface area contributed by atoms with Crippen LogP contribution in [0.1, 0.15) is 18.1 Å². The van der Waals surface area contributed by atoms with Gasteiger partial charge in [0, 0.05) is 0 Å². The molecule has 0 heterocycles. The second-order valence-electron chi connectivity index (χ2n) is 5.63. The first-order chi connectivity index (χ1) is 12.1. The summed E-state index contributed by atoms with van der Waals surface area (Å²) in [4.78, 5) is 12.8. The van der Waals surface area contributed by atoms with E-state index < -0.39 is 38.6 Å². The highest BCUT2D eigenvalue weighted by atomic mass is 32.2. The summed E-state index contributed by atoms with van der Waals surface area (Å²) in [7, 11) is -4.48. The van der Waals surface area contributed by atoms with Crippen LogP contribution < -0.4 is 15.0 Å². The Hall–Kier alpha value is -2.52. The van der Waals surface area contributed by atoms with Gasteiger partial charge in [-0.2, -0.15) is 0 Å². The largest absolute Gasteiger partial charge is 0.481 e. The number of hydrazine groups is 1. The van der Waals surface area contributed by atoms with E-state index in [2.05, 4.69) is 0 Å². The quantitative estimate of drug-likeness (QED) is 0.749. The molecular weight excluding hydrogens is 366 g/mol. The monoisotopic (exact) mass is 384 g/mol. The van der Waals surface area contributed by atoms with E-state index in [0.29, 0.717) is 17.9 Å². The summed E-state index contributed by atoms with van der Waals surface area (Å²) in [6.45, 7) is 5.13. The highest BCUT2D eigenvalue weighted by Crippen LogP contribution is 2.21. The van der Waals surface area contributed by atoms with Crippen LogP contribution in [0, 0.1) is 25.5 Å². The van der Waals surface area contributed by atoms with Crippen molar-refractivity contribution in [3.8, 4) is 5.75 Å². The maximum Gasteiger partial charge on any atom is 0.275 e. The van der Waals surface area contributed by atoms with Crippen LogP contribution in [0.2, 0.25) is 0 Å². The molecule has 2 N–H and O–H groups in total. The van der Waals surface area contributed by atoms with Crippen LogP contribution in [-0.2, 0) is 14.8 Å². The first-order valence-electron chi connectivity index (χ1n) is 7.61. The summed E-state index contributed by atoms with van der Waals surface area (Å²) in [5.41, 5.74) is 3.74. The zero-order valence-electron chi connectivity index (χ0n) is 14.3. The van der Waals surface area contributed by atoms with Crippen LogP contribution in [0.5, 0.6) is 5.75 Å². The van der Waals surface area contributed by atoms with Crippen molar-refractivity contribution < 1.29 is 26.7 Å². The fourth-order valence-corrected chi connectivity index (χ4v) is 2.99. The Labute approximate surface area is 150 Å². The Morgan fingerprint density at radius 3 is 2.54 bits per heavy atom. The van der Waals surface area contributed by atoms with E-state index in [1.807, 2.05) is 25.3 Å². The Kier molecular flexibility index (Phi) is 5.94. The van der Waals surface area contributed by atoms with E-state index >= 15 is 0 Å². The van der Waals surface area contributed by atoms with Crippen LogP contribution in [0.3, 0.4) is 0 Å². The van der Waals surface area contributed by atoms with E-state index in [9.17, 15) is 22.0 Å². The highest BCUT2D eigenvalue weighted by Gasteiger charge is 2.23. The molecule has 0 bridgehead atoms. The van der Waals surface area contributed by atoms with Crippen molar-refractivity contribution in [3.05, 3.63) is 59.2 Å². The lowest BCUT2D eigenvalue weighted by atomic mass is 10.1. The standard InChI is InChI=1S/C17H18F2N2O4S/c1-10-5-4-6-15(11(10)2)25-12(3)17(22)20-21-26(23,24)16-9-13(18)7-8-14(16)19/h4-9,12,21H,1-3H3,(H,20,22)/t12-/m0/s1. The van der Waals surface area contributed by atoms with Gasteiger partial charge in [0.25, 0.3) is 15.9 Å². The number of benzene rings is 2. The number of rotatable bonds is 6. The number of nitrogens with one attached hydrogen (secondary N) is 2. The first kappa shape index (κ1) is 19.8. The lowest BCUT2D eigenvalue weighted by molar-refractivity contribution is -0.127. The molecule has 9 heteroatoms. The first-order valence-corrected chi connectivity index (χ1v) is 9.09. The fraction of sp³-hybridized carbons (Fsp3) is 0.235. The molecule has 2 aromatic rings. The van der Waals surface area contributed by atoms with Crippen molar-refractivity contribution in [2.45, 2.75) is 31.8 Å². The summed E-state index contributed by atoms with van der Waals surface area (Å²) in [6, 6.07) is 7.30. The Morgan fingerprint density at radius 2 is 1.85 bits per heavy atom. The molecule has 0 aliphatic carbocycles. The Balaban J connectivity index is 2.05. The molecule has 2 aromatic carbocycles. The smallest absolute Gasteiger partial charge is 0.275 e. The van der Waals surface area contributed by atoms with Gasteiger partial charge < -0.3 is 4.74 Å². The number of hydrogen-bond acceptors (Lipinski definition) is 4. The Bertz CT molecular complexity index is 932. The number of halogens is 2. The van der Waals surface area contributed by atoms with Gasteiger partial charge in [0.1, 0.15) is 22.3 Å². The topological polar surface area (TPSA) is 84.5 Å². The van der Waals surface area contributed by atoms with Crippen molar-refractivity contribution in [2.24, 2.45) is 0 Å². The van der Waals surface area contributed by atoms with Crippen LogP contribution in [0.4, 0.5) is 8.78 Å². The second-order valence-corrected chi connectivity index (χ2v) is 7.28. The molecular formula is C17H18F2N2O4S. The van der Waals surface area contributed by atoms with E-state index in [1.54, 1.807) is 17.0 Å². The minimum atomic E-state index is -4.48. The van der Waals surface area contributed by atoms with E-state index in [1.165, 1.54) is 6.92 Å². The molecule has 0 fully saturated rings. The van der Waals surface area contributed by atoms with Gasteiger partial charge in [-0.15, -0.1) is 4.83 Å². The van der Waals surface area contributed by atoms with Gasteiger partial charge >= 0.3 is 0 Å². The molecule has 0 aliphatic heterocycles. The molecule has 2 rings (SSSR count). The molecule has 0 aliphatic rings. The second kappa shape index (κ2) is 7.79. The lowest BCUT2D eigenvalue weighted by Gasteiger charge is -2.17. The lowest BCUT2D eigenvalue weighted by Crippen LogP contribution is -2.47. The van der Waals surface area contributed by atoms with Gasteiger partial charge in [-0.25, -0.2) is 17.2 Å². The average Bonchev–Trinajstić information content (AvgIpc) is 2.58. The zero-order valence-corrected chi connectivity index (χ0v) is 15.2. The molecule has 0 aromatic heterocycles. The predicted octanol–water partition coefficient (Wildman–Crippen LogP) is 2.36. The molecule has 140 valence electrons. The van der Waals surface area contributed by atoms with Gasteiger partial charge in [-0.05, 0) is 56.2 Å². The number of hydrogen-bond donors (Lipinski definition) is 2. The summed E-state index contributed by atoms with van der Waals surface area (Å²) in [6.07, 6.45) is -1.03. The highest BCUT2D eigenvalue weighted by molar-refractivity contribution is 7.89. The zero-order chi connectivity index (χ0) is 19.5. The van der Waals surface area contributed by atoms with Crippen LogP contribution in [0.25, 0.3) is 0 Å². The van der Waals surface area contributed by atoms with Gasteiger partial charge in [0.15, 0.2) is 6.10 Å². The van der Waals surface area contributed by atoms with Crippen molar-refractivity contribution >= 4 is 15.9 Å². The number of carbonyl (C=O) groups excluding carboxylic acids is 1. The molecule has 26 heavy (non-hydrogen) atoms. The van der Waals surface area contributed by atoms with Gasteiger partial charge in [-0.3, -0.25) is 10.2 Å².